The highest BCUT2D eigenvalue weighted by atomic mass is 32.2. The van der Waals surface area contributed by atoms with Crippen LogP contribution in [0, 0.1) is 5.92 Å². The number of carbonyl (C=O) groups is 1. The fourth-order valence-corrected chi connectivity index (χ4v) is 3.95. The van der Waals surface area contributed by atoms with E-state index in [1.54, 1.807) is 6.92 Å². The lowest BCUT2D eigenvalue weighted by Gasteiger charge is -2.21. The number of rotatable bonds is 4. The quantitative estimate of drug-likeness (QED) is 0.726. The highest BCUT2D eigenvalue weighted by molar-refractivity contribution is 7.90. The molecule has 0 aromatic rings. The fraction of sp³-hybridized carbons (Fsp3) is 0.909. The van der Waals surface area contributed by atoms with Crippen LogP contribution in [0.25, 0.3) is 0 Å². The molecule has 98 valence electrons. The van der Waals surface area contributed by atoms with Gasteiger partial charge in [-0.15, -0.1) is 0 Å². The number of hydrogen-bond acceptors (Lipinski definition) is 4. The van der Waals surface area contributed by atoms with Gasteiger partial charge in [-0.25, -0.2) is 8.42 Å². The maximum Gasteiger partial charge on any atom is 0.224 e. The second kappa shape index (κ2) is 4.57. The van der Waals surface area contributed by atoms with Crippen LogP contribution in [0.3, 0.4) is 0 Å². The number of fused-ring (bicyclic) bond motifs is 2. The Morgan fingerprint density at radius 1 is 1.47 bits per heavy atom. The molecule has 2 rings (SSSR count). The molecule has 2 bridgehead atoms. The minimum atomic E-state index is -3.03. The molecule has 2 fully saturated rings. The summed E-state index contributed by atoms with van der Waals surface area (Å²) in [6.45, 7) is 1.74. The van der Waals surface area contributed by atoms with Gasteiger partial charge in [-0.1, -0.05) is 0 Å². The SMILES string of the molecule is CC(CS(C)(=O)=O)NC(=O)C1CC2CCC1N2. The first-order valence-electron chi connectivity index (χ1n) is 6.09. The molecule has 17 heavy (non-hydrogen) atoms. The highest BCUT2D eigenvalue weighted by Crippen LogP contribution is 2.33. The van der Waals surface area contributed by atoms with Crippen molar-refractivity contribution < 1.29 is 13.2 Å². The molecular weight excluding hydrogens is 240 g/mol. The zero-order valence-corrected chi connectivity index (χ0v) is 11.1. The van der Waals surface area contributed by atoms with Crippen LogP contribution in [-0.4, -0.2) is 44.5 Å². The van der Waals surface area contributed by atoms with Gasteiger partial charge < -0.3 is 10.6 Å². The molecule has 0 aliphatic carbocycles. The van der Waals surface area contributed by atoms with Gasteiger partial charge in [0.05, 0.1) is 11.7 Å². The molecule has 0 spiro atoms. The van der Waals surface area contributed by atoms with Gasteiger partial charge in [-0.05, 0) is 26.2 Å². The molecule has 2 aliphatic rings. The molecule has 6 heteroatoms. The van der Waals surface area contributed by atoms with Gasteiger partial charge in [0.15, 0.2) is 0 Å². The van der Waals surface area contributed by atoms with Gasteiger partial charge in [0.2, 0.25) is 5.91 Å². The van der Waals surface area contributed by atoms with Crippen molar-refractivity contribution >= 4 is 15.7 Å². The molecule has 2 heterocycles. The van der Waals surface area contributed by atoms with Crippen molar-refractivity contribution in [3.8, 4) is 0 Å². The third kappa shape index (κ3) is 3.19. The lowest BCUT2D eigenvalue weighted by Crippen LogP contribution is -2.44. The Bertz CT molecular complexity index is 407. The fourth-order valence-electron chi connectivity index (χ4n) is 2.96. The zero-order chi connectivity index (χ0) is 12.6. The molecule has 2 N–H and O–H groups in total. The molecule has 0 aromatic heterocycles. The van der Waals surface area contributed by atoms with Gasteiger partial charge in [-0.2, -0.15) is 0 Å². The van der Waals surface area contributed by atoms with Crippen molar-refractivity contribution in [1.29, 1.82) is 0 Å². The predicted molar refractivity (Wildman–Crippen MR) is 65.4 cm³/mol. The van der Waals surface area contributed by atoms with Crippen LogP contribution in [-0.2, 0) is 14.6 Å². The van der Waals surface area contributed by atoms with Crippen LogP contribution in [0.2, 0.25) is 0 Å². The van der Waals surface area contributed by atoms with E-state index in [0.717, 1.165) is 19.3 Å². The van der Waals surface area contributed by atoms with Crippen LogP contribution in [0.1, 0.15) is 26.2 Å². The highest BCUT2D eigenvalue weighted by Gasteiger charge is 2.42. The number of hydrogen-bond donors (Lipinski definition) is 2. The van der Waals surface area contributed by atoms with E-state index in [4.69, 9.17) is 0 Å². The number of amides is 1. The molecule has 2 aliphatic heterocycles. The lowest BCUT2D eigenvalue weighted by atomic mass is 9.88. The summed E-state index contributed by atoms with van der Waals surface area (Å²) < 4.78 is 22.2. The summed E-state index contributed by atoms with van der Waals surface area (Å²) >= 11 is 0. The molecule has 0 saturated carbocycles. The Morgan fingerprint density at radius 2 is 2.18 bits per heavy atom. The van der Waals surface area contributed by atoms with Crippen LogP contribution in [0.15, 0.2) is 0 Å². The smallest absolute Gasteiger partial charge is 0.224 e. The topological polar surface area (TPSA) is 75.3 Å². The van der Waals surface area contributed by atoms with Gasteiger partial charge in [-0.3, -0.25) is 4.79 Å². The Kier molecular flexibility index (Phi) is 3.45. The first kappa shape index (κ1) is 12.8. The van der Waals surface area contributed by atoms with Crippen molar-refractivity contribution in [1.82, 2.24) is 10.6 Å². The second-order valence-corrected chi connectivity index (χ2v) is 7.58. The van der Waals surface area contributed by atoms with Crippen molar-refractivity contribution in [3.05, 3.63) is 0 Å². The Morgan fingerprint density at radius 3 is 2.65 bits per heavy atom. The second-order valence-electron chi connectivity index (χ2n) is 5.39. The summed E-state index contributed by atoms with van der Waals surface area (Å²) in [5.74, 6) is 0.0316. The van der Waals surface area contributed by atoms with Gasteiger partial charge in [0.25, 0.3) is 0 Å². The van der Waals surface area contributed by atoms with E-state index in [2.05, 4.69) is 10.6 Å². The Balaban J connectivity index is 1.85. The summed E-state index contributed by atoms with van der Waals surface area (Å²) in [4.78, 5) is 12.0. The van der Waals surface area contributed by atoms with E-state index in [0.29, 0.717) is 12.1 Å². The summed E-state index contributed by atoms with van der Waals surface area (Å²) in [5, 5.41) is 6.21. The third-order valence-corrected chi connectivity index (χ3v) is 4.68. The summed E-state index contributed by atoms with van der Waals surface area (Å²) in [7, 11) is -3.03. The molecule has 5 nitrogen and oxygen atoms in total. The Hall–Kier alpha value is -0.620. The molecule has 4 unspecified atom stereocenters. The number of nitrogens with one attached hydrogen (secondary N) is 2. The van der Waals surface area contributed by atoms with Gasteiger partial charge in [0, 0.05) is 24.4 Å². The van der Waals surface area contributed by atoms with E-state index in [9.17, 15) is 13.2 Å². The van der Waals surface area contributed by atoms with Crippen LogP contribution in [0.5, 0.6) is 0 Å². The molecule has 4 atom stereocenters. The van der Waals surface area contributed by atoms with Crippen molar-refractivity contribution in [3.63, 3.8) is 0 Å². The van der Waals surface area contributed by atoms with Gasteiger partial charge >= 0.3 is 0 Å². The minimum Gasteiger partial charge on any atom is -0.352 e. The van der Waals surface area contributed by atoms with E-state index >= 15 is 0 Å². The van der Waals surface area contributed by atoms with Crippen molar-refractivity contribution in [2.75, 3.05) is 12.0 Å². The largest absolute Gasteiger partial charge is 0.352 e. The normalized spacial score (nSPS) is 33.6. The predicted octanol–water partition coefficient (Wildman–Crippen LogP) is -0.324. The summed E-state index contributed by atoms with van der Waals surface area (Å²) in [6.07, 6.45) is 4.30. The summed E-state index contributed by atoms with van der Waals surface area (Å²) in [6, 6.07) is 0.475. The van der Waals surface area contributed by atoms with E-state index in [1.807, 2.05) is 0 Å². The monoisotopic (exact) mass is 260 g/mol. The first-order chi connectivity index (χ1) is 7.85. The van der Waals surface area contributed by atoms with Crippen molar-refractivity contribution in [2.45, 2.75) is 44.3 Å². The van der Waals surface area contributed by atoms with Crippen LogP contribution >= 0.6 is 0 Å². The van der Waals surface area contributed by atoms with Crippen LogP contribution < -0.4 is 10.6 Å². The number of carbonyl (C=O) groups excluding carboxylic acids is 1. The molecule has 0 radical (unpaired) electrons. The molecule has 1 amide bonds. The summed E-state index contributed by atoms with van der Waals surface area (Å²) in [5.41, 5.74) is 0. The van der Waals surface area contributed by atoms with Crippen molar-refractivity contribution in [2.24, 2.45) is 5.92 Å². The average Bonchev–Trinajstić information content (AvgIpc) is 2.74. The first-order valence-corrected chi connectivity index (χ1v) is 8.15. The maximum atomic E-state index is 12.0. The zero-order valence-electron chi connectivity index (χ0n) is 10.3. The van der Waals surface area contributed by atoms with E-state index in [1.165, 1.54) is 6.26 Å². The number of sulfone groups is 1. The lowest BCUT2D eigenvalue weighted by molar-refractivity contribution is -0.126. The van der Waals surface area contributed by atoms with E-state index in [-0.39, 0.29) is 23.6 Å². The Labute approximate surface area is 102 Å². The van der Waals surface area contributed by atoms with Crippen LogP contribution in [0.4, 0.5) is 0 Å². The van der Waals surface area contributed by atoms with Gasteiger partial charge in [0.1, 0.15) is 9.84 Å². The maximum absolute atomic E-state index is 12.0. The minimum absolute atomic E-state index is 0.000787. The molecule has 0 aromatic carbocycles. The molecule has 2 saturated heterocycles. The third-order valence-electron chi connectivity index (χ3n) is 3.58. The average molecular weight is 260 g/mol. The standard InChI is InChI=1S/C11H20N2O3S/c1-7(6-17(2,15)16)12-11(14)9-5-8-3-4-10(9)13-8/h7-10,13H,3-6H2,1-2H3,(H,12,14). The molecular formula is C11H20N2O3S. The van der Waals surface area contributed by atoms with E-state index < -0.39 is 9.84 Å².